The van der Waals surface area contributed by atoms with Gasteiger partial charge in [-0.1, -0.05) is 91.6 Å². The van der Waals surface area contributed by atoms with Crippen LogP contribution < -0.4 is 11.2 Å². The van der Waals surface area contributed by atoms with Gasteiger partial charge in [0.1, 0.15) is 0 Å². The van der Waals surface area contributed by atoms with Gasteiger partial charge in [-0.25, -0.2) is 0 Å². The maximum Gasteiger partial charge on any atom is 0.0790 e. The topological polar surface area (TPSA) is 43.2 Å². The minimum Gasteiger partial charge on any atom is -0.344 e. The number of fused-ring (bicyclic) bond motifs is 8. The SMILES string of the molecule is C=C(/C(C)=C/C=C\C)N(C)n1c2ccccc2c2ccc3c(c21)C(C)=CC31C=C(C)c2ccccc21.N. The van der Waals surface area contributed by atoms with Gasteiger partial charge < -0.3 is 6.15 Å². The molecule has 6 rings (SSSR count). The number of hydrogen-bond donors (Lipinski definition) is 1. The first-order valence-electron chi connectivity index (χ1n) is 12.7. The third kappa shape index (κ3) is 3.31. The summed E-state index contributed by atoms with van der Waals surface area (Å²) in [6.07, 6.45) is 11.2. The number of rotatable bonds is 4. The standard InChI is InChI=1S/C34H32N2.H3N/c1-7-8-13-22(2)25(5)35(6)36-31-17-12-10-15-27(31)28-18-19-30-32(33(28)36)24(4)21-34(30)20-23(3)26-14-9-11-16-29(26)34;/h7-21H,5H2,1-4,6H3;1H3/b8-7-,22-13+;. The molecule has 3 aromatic carbocycles. The molecule has 1 spiro atoms. The number of nitrogens with zero attached hydrogens (tertiary/aromatic N) is 2. The minimum absolute atomic E-state index is 0. The number of benzene rings is 3. The Hall–Kier alpha value is -4.08. The van der Waals surface area contributed by atoms with Crippen molar-refractivity contribution in [3.05, 3.63) is 131 Å². The van der Waals surface area contributed by atoms with Gasteiger partial charge in [0.2, 0.25) is 0 Å². The molecule has 2 aliphatic carbocycles. The molecule has 37 heavy (non-hydrogen) atoms. The number of hydrogen-bond acceptors (Lipinski definition) is 2. The second kappa shape index (κ2) is 8.79. The van der Waals surface area contributed by atoms with Gasteiger partial charge in [0.25, 0.3) is 0 Å². The normalized spacial score (nSPS) is 18.2. The van der Waals surface area contributed by atoms with Crippen molar-refractivity contribution < 1.29 is 0 Å². The van der Waals surface area contributed by atoms with E-state index in [2.05, 4.69) is 129 Å². The first-order valence-corrected chi connectivity index (χ1v) is 12.7. The first kappa shape index (κ1) is 24.6. The van der Waals surface area contributed by atoms with Crippen molar-refractivity contribution in [1.29, 1.82) is 0 Å². The lowest BCUT2D eigenvalue weighted by Crippen LogP contribution is -2.29. The quantitative estimate of drug-likeness (QED) is 0.294. The Balaban J connectivity index is 0.00000280. The summed E-state index contributed by atoms with van der Waals surface area (Å²) in [6.45, 7) is 13.1. The van der Waals surface area contributed by atoms with E-state index in [9.17, 15) is 0 Å². The molecule has 0 radical (unpaired) electrons. The van der Waals surface area contributed by atoms with Gasteiger partial charge in [-0.3, -0.25) is 9.69 Å². The smallest absolute Gasteiger partial charge is 0.0790 e. The highest BCUT2D eigenvalue weighted by Gasteiger charge is 2.43. The van der Waals surface area contributed by atoms with E-state index < -0.39 is 0 Å². The molecule has 4 aromatic rings. The zero-order valence-corrected chi connectivity index (χ0v) is 22.5. The monoisotopic (exact) mass is 485 g/mol. The van der Waals surface area contributed by atoms with Gasteiger partial charge in [0.15, 0.2) is 0 Å². The van der Waals surface area contributed by atoms with E-state index in [1.165, 1.54) is 55.2 Å². The molecule has 0 saturated carbocycles. The number of likely N-dealkylation sites (N-methyl/N-ethyl adjacent to an activating group) is 1. The summed E-state index contributed by atoms with van der Waals surface area (Å²) < 4.78 is 2.37. The van der Waals surface area contributed by atoms with Crippen LogP contribution in [0.2, 0.25) is 0 Å². The van der Waals surface area contributed by atoms with Crippen LogP contribution in [-0.2, 0) is 5.41 Å². The molecule has 0 saturated heterocycles. The van der Waals surface area contributed by atoms with Crippen LogP contribution in [-0.4, -0.2) is 11.7 Å². The van der Waals surface area contributed by atoms with E-state index in [1.807, 2.05) is 13.0 Å². The highest BCUT2D eigenvalue weighted by Crippen LogP contribution is 2.54. The molecule has 0 bridgehead atoms. The third-order valence-electron chi connectivity index (χ3n) is 8.02. The predicted octanol–water partition coefficient (Wildman–Crippen LogP) is 8.68. The van der Waals surface area contributed by atoms with Crippen molar-refractivity contribution in [3.63, 3.8) is 0 Å². The minimum atomic E-state index is -0.215. The molecule has 1 heterocycles. The van der Waals surface area contributed by atoms with Crippen LogP contribution >= 0.6 is 0 Å². The van der Waals surface area contributed by atoms with Crippen LogP contribution in [0.1, 0.15) is 49.9 Å². The molecule has 0 aliphatic heterocycles. The lowest BCUT2D eigenvalue weighted by atomic mass is 9.78. The Morgan fingerprint density at radius 3 is 2.38 bits per heavy atom. The summed E-state index contributed by atoms with van der Waals surface area (Å²) in [7, 11) is 2.12. The van der Waals surface area contributed by atoms with E-state index in [4.69, 9.17) is 0 Å². The van der Waals surface area contributed by atoms with Crippen molar-refractivity contribution in [1.82, 2.24) is 10.8 Å². The lowest BCUT2D eigenvalue weighted by Gasteiger charge is -2.28. The summed E-state index contributed by atoms with van der Waals surface area (Å²) in [5.74, 6) is 0. The van der Waals surface area contributed by atoms with E-state index in [1.54, 1.807) is 0 Å². The van der Waals surface area contributed by atoms with Crippen LogP contribution in [0.15, 0.2) is 109 Å². The maximum atomic E-state index is 4.48. The molecule has 0 fully saturated rings. The maximum absolute atomic E-state index is 4.48. The summed E-state index contributed by atoms with van der Waals surface area (Å²) in [5, 5.41) is 4.75. The molecule has 0 amide bonds. The number of allylic oxidation sites excluding steroid dienone is 8. The van der Waals surface area contributed by atoms with Gasteiger partial charge in [0, 0.05) is 23.4 Å². The molecular formula is C34H35N3. The van der Waals surface area contributed by atoms with Gasteiger partial charge in [-0.15, -0.1) is 0 Å². The molecule has 1 aromatic heterocycles. The molecule has 3 heteroatoms. The van der Waals surface area contributed by atoms with E-state index in [-0.39, 0.29) is 11.6 Å². The van der Waals surface area contributed by atoms with Crippen LogP contribution in [0.4, 0.5) is 0 Å². The highest BCUT2D eigenvalue weighted by molar-refractivity contribution is 6.13. The Bertz CT molecular complexity index is 1710. The fourth-order valence-corrected chi connectivity index (χ4v) is 6.32. The average molecular weight is 486 g/mol. The third-order valence-corrected chi connectivity index (χ3v) is 8.02. The van der Waals surface area contributed by atoms with Crippen molar-refractivity contribution >= 4 is 33.0 Å². The zero-order valence-electron chi connectivity index (χ0n) is 22.5. The number of aromatic nitrogens is 1. The first-order chi connectivity index (χ1) is 17.4. The van der Waals surface area contributed by atoms with Crippen molar-refractivity contribution in [2.75, 3.05) is 12.1 Å². The summed E-state index contributed by atoms with van der Waals surface area (Å²) in [6, 6.07) is 22.3. The molecule has 3 N–H and O–H groups in total. The average Bonchev–Trinajstić information content (AvgIpc) is 3.49. The molecule has 1 atom stereocenters. The highest BCUT2D eigenvalue weighted by atomic mass is 15.5. The molecule has 3 nitrogen and oxygen atoms in total. The summed E-state index contributed by atoms with van der Waals surface area (Å²) in [5.41, 5.74) is 12.4. The van der Waals surface area contributed by atoms with Gasteiger partial charge in [0.05, 0.1) is 22.1 Å². The van der Waals surface area contributed by atoms with E-state index in [0.29, 0.717) is 0 Å². The summed E-state index contributed by atoms with van der Waals surface area (Å²) >= 11 is 0. The van der Waals surface area contributed by atoms with Crippen LogP contribution in [0.3, 0.4) is 0 Å². The zero-order chi connectivity index (χ0) is 25.2. The largest absolute Gasteiger partial charge is 0.344 e. The Kier molecular flexibility index (Phi) is 5.85. The number of para-hydroxylation sites is 1. The molecule has 2 aliphatic rings. The second-order valence-electron chi connectivity index (χ2n) is 10.1. The van der Waals surface area contributed by atoms with Gasteiger partial charge in [-0.2, -0.15) is 0 Å². The van der Waals surface area contributed by atoms with Crippen LogP contribution in [0, 0.1) is 0 Å². The van der Waals surface area contributed by atoms with Crippen molar-refractivity contribution in [3.8, 4) is 0 Å². The van der Waals surface area contributed by atoms with Crippen molar-refractivity contribution in [2.45, 2.75) is 33.1 Å². The van der Waals surface area contributed by atoms with E-state index in [0.717, 1.165) is 11.3 Å². The fourth-order valence-electron chi connectivity index (χ4n) is 6.32. The molecule has 1 unspecified atom stereocenters. The Morgan fingerprint density at radius 1 is 0.892 bits per heavy atom. The van der Waals surface area contributed by atoms with E-state index >= 15 is 0 Å². The van der Waals surface area contributed by atoms with Gasteiger partial charge in [-0.05, 0) is 67.2 Å². The Morgan fingerprint density at radius 2 is 1.59 bits per heavy atom. The second-order valence-corrected chi connectivity index (χ2v) is 10.1. The van der Waals surface area contributed by atoms with Crippen LogP contribution in [0.25, 0.3) is 33.0 Å². The molecular weight excluding hydrogens is 450 g/mol. The predicted molar refractivity (Wildman–Crippen MR) is 161 cm³/mol. The van der Waals surface area contributed by atoms with Crippen LogP contribution in [0.5, 0.6) is 0 Å². The Labute approximate surface area is 220 Å². The summed E-state index contributed by atoms with van der Waals surface area (Å²) in [4.78, 5) is 0. The van der Waals surface area contributed by atoms with Crippen molar-refractivity contribution in [2.24, 2.45) is 0 Å². The lowest BCUT2D eigenvalue weighted by molar-refractivity contribution is 0.790. The molecule has 186 valence electrons. The fraction of sp³-hybridized carbons (Fsp3) is 0.176. The van der Waals surface area contributed by atoms with Gasteiger partial charge >= 0.3 is 0 Å².